The summed E-state index contributed by atoms with van der Waals surface area (Å²) >= 11 is 0. The molecular formula is C11H11N3O2. The molecule has 0 aromatic carbocycles. The summed E-state index contributed by atoms with van der Waals surface area (Å²) in [7, 11) is 0. The van der Waals surface area contributed by atoms with E-state index in [1.54, 1.807) is 39.0 Å². The average Bonchev–Trinajstić information content (AvgIpc) is 2.70. The van der Waals surface area contributed by atoms with Crippen LogP contribution in [0.3, 0.4) is 0 Å². The number of rotatable bonds is 2. The van der Waals surface area contributed by atoms with Gasteiger partial charge >= 0.3 is 5.97 Å². The van der Waals surface area contributed by atoms with Crippen LogP contribution in [0.25, 0.3) is 0 Å². The number of carbonyl (C=O) groups is 1. The second kappa shape index (κ2) is 3.22. The zero-order valence-electron chi connectivity index (χ0n) is 9.37. The molecule has 1 aliphatic carbocycles. The van der Waals surface area contributed by atoms with Crippen LogP contribution in [-0.4, -0.2) is 12.6 Å². The molecule has 0 heterocycles. The van der Waals surface area contributed by atoms with Crippen molar-refractivity contribution >= 4 is 5.97 Å². The lowest BCUT2D eigenvalue weighted by Crippen LogP contribution is -2.25. The fraction of sp³-hybridized carbons (Fsp3) is 0.636. The zero-order chi connectivity index (χ0) is 12.6. The quantitative estimate of drug-likeness (QED) is 0.646. The van der Waals surface area contributed by atoms with Gasteiger partial charge in [0.2, 0.25) is 0 Å². The predicted molar refractivity (Wildman–Crippen MR) is 52.1 cm³/mol. The van der Waals surface area contributed by atoms with E-state index in [-0.39, 0.29) is 6.61 Å². The SMILES string of the molecule is CCOC(=O)C1(C#N)C(C)(C)C1(C#N)C#N. The van der Waals surface area contributed by atoms with Crippen molar-refractivity contribution in [3.8, 4) is 18.2 Å². The lowest BCUT2D eigenvalue weighted by Gasteiger charge is -2.08. The summed E-state index contributed by atoms with van der Waals surface area (Å²) in [5, 5.41) is 27.2. The van der Waals surface area contributed by atoms with Crippen molar-refractivity contribution in [1.82, 2.24) is 0 Å². The van der Waals surface area contributed by atoms with Crippen molar-refractivity contribution in [2.45, 2.75) is 20.8 Å². The number of hydrogen-bond donors (Lipinski definition) is 0. The second-order valence-corrected chi connectivity index (χ2v) is 4.18. The molecule has 0 saturated heterocycles. The number of carbonyl (C=O) groups excluding carboxylic acids is 1. The molecule has 0 radical (unpaired) electrons. The molecule has 0 aromatic heterocycles. The van der Waals surface area contributed by atoms with E-state index in [0.29, 0.717) is 0 Å². The summed E-state index contributed by atoms with van der Waals surface area (Å²) in [4.78, 5) is 11.8. The van der Waals surface area contributed by atoms with E-state index in [2.05, 4.69) is 0 Å². The van der Waals surface area contributed by atoms with Crippen LogP contribution in [0.5, 0.6) is 0 Å². The third kappa shape index (κ3) is 0.853. The van der Waals surface area contributed by atoms with Gasteiger partial charge in [0.25, 0.3) is 0 Å². The van der Waals surface area contributed by atoms with Crippen LogP contribution in [-0.2, 0) is 9.53 Å². The number of esters is 1. The Labute approximate surface area is 93.8 Å². The summed E-state index contributed by atoms with van der Waals surface area (Å²) in [6.45, 7) is 4.84. The van der Waals surface area contributed by atoms with Crippen LogP contribution in [0.2, 0.25) is 0 Å². The minimum Gasteiger partial charge on any atom is -0.465 e. The smallest absolute Gasteiger partial charge is 0.329 e. The molecule has 1 saturated carbocycles. The van der Waals surface area contributed by atoms with Crippen LogP contribution in [0.4, 0.5) is 0 Å². The summed E-state index contributed by atoms with van der Waals surface area (Å²) in [5.74, 6) is -0.786. The molecule has 1 unspecified atom stereocenters. The van der Waals surface area contributed by atoms with E-state index in [1.807, 2.05) is 0 Å². The molecule has 16 heavy (non-hydrogen) atoms. The molecule has 0 aliphatic heterocycles. The van der Waals surface area contributed by atoms with Crippen molar-refractivity contribution in [2.24, 2.45) is 16.2 Å². The number of ether oxygens (including phenoxy) is 1. The minimum absolute atomic E-state index is 0.116. The van der Waals surface area contributed by atoms with Gasteiger partial charge in [-0.1, -0.05) is 13.8 Å². The number of nitriles is 3. The molecular weight excluding hydrogens is 206 g/mol. The van der Waals surface area contributed by atoms with Gasteiger partial charge in [0.1, 0.15) is 0 Å². The summed E-state index contributed by atoms with van der Waals surface area (Å²) in [5.41, 5.74) is -4.29. The minimum atomic E-state index is -1.67. The first kappa shape index (κ1) is 12.0. The van der Waals surface area contributed by atoms with Crippen molar-refractivity contribution in [1.29, 1.82) is 15.8 Å². The van der Waals surface area contributed by atoms with Crippen molar-refractivity contribution < 1.29 is 9.53 Å². The van der Waals surface area contributed by atoms with E-state index in [1.165, 1.54) is 0 Å². The lowest BCUT2D eigenvalue weighted by atomic mass is 9.96. The maximum Gasteiger partial charge on any atom is 0.329 e. The van der Waals surface area contributed by atoms with Gasteiger partial charge in [0, 0.05) is 5.41 Å². The van der Waals surface area contributed by atoms with Crippen LogP contribution in [0.15, 0.2) is 0 Å². The van der Waals surface area contributed by atoms with Gasteiger partial charge in [-0.3, -0.25) is 4.79 Å². The maximum absolute atomic E-state index is 11.8. The third-order valence-electron chi connectivity index (χ3n) is 3.46. The van der Waals surface area contributed by atoms with Gasteiger partial charge in [0.05, 0.1) is 24.8 Å². The van der Waals surface area contributed by atoms with Crippen molar-refractivity contribution in [3.05, 3.63) is 0 Å². The molecule has 1 fully saturated rings. The fourth-order valence-electron chi connectivity index (χ4n) is 2.26. The molecule has 0 aromatic rings. The van der Waals surface area contributed by atoms with Crippen LogP contribution < -0.4 is 0 Å². The fourth-order valence-corrected chi connectivity index (χ4v) is 2.26. The third-order valence-corrected chi connectivity index (χ3v) is 3.46. The van der Waals surface area contributed by atoms with Gasteiger partial charge in [-0.2, -0.15) is 15.8 Å². The average molecular weight is 217 g/mol. The molecule has 0 spiro atoms. The highest BCUT2D eigenvalue weighted by molar-refractivity contribution is 5.90. The molecule has 5 heteroatoms. The Kier molecular flexibility index (Phi) is 2.42. The molecule has 1 rings (SSSR count). The molecule has 0 amide bonds. The maximum atomic E-state index is 11.8. The first-order chi connectivity index (χ1) is 7.41. The van der Waals surface area contributed by atoms with Gasteiger partial charge in [0.15, 0.2) is 10.8 Å². The predicted octanol–water partition coefficient (Wildman–Crippen LogP) is 1.13. The first-order valence-corrected chi connectivity index (χ1v) is 4.82. The van der Waals surface area contributed by atoms with Crippen molar-refractivity contribution in [2.75, 3.05) is 6.61 Å². The van der Waals surface area contributed by atoms with Crippen LogP contribution in [0, 0.1) is 50.2 Å². The molecule has 1 atom stereocenters. The van der Waals surface area contributed by atoms with Crippen molar-refractivity contribution in [3.63, 3.8) is 0 Å². The van der Waals surface area contributed by atoms with Gasteiger partial charge in [-0.15, -0.1) is 0 Å². The molecule has 5 nitrogen and oxygen atoms in total. The summed E-state index contributed by atoms with van der Waals surface area (Å²) in [6, 6.07) is 5.38. The molecule has 1 aliphatic rings. The van der Waals surface area contributed by atoms with Crippen LogP contribution in [0.1, 0.15) is 20.8 Å². The largest absolute Gasteiger partial charge is 0.465 e. The Bertz CT molecular complexity index is 447. The second-order valence-electron chi connectivity index (χ2n) is 4.18. The summed E-state index contributed by atoms with van der Waals surface area (Å²) < 4.78 is 4.79. The topological polar surface area (TPSA) is 97.7 Å². The van der Waals surface area contributed by atoms with E-state index in [9.17, 15) is 4.79 Å². The highest BCUT2D eigenvalue weighted by Gasteiger charge is 2.90. The first-order valence-electron chi connectivity index (χ1n) is 4.82. The summed E-state index contributed by atoms with van der Waals surface area (Å²) in [6.07, 6.45) is 0. The monoisotopic (exact) mass is 217 g/mol. The zero-order valence-corrected chi connectivity index (χ0v) is 9.37. The molecule has 0 bridgehead atoms. The van der Waals surface area contributed by atoms with Gasteiger partial charge in [-0.25, -0.2) is 0 Å². The Morgan fingerprint density at radius 2 is 1.69 bits per heavy atom. The highest BCUT2D eigenvalue weighted by Crippen LogP contribution is 2.77. The number of nitrogens with zero attached hydrogens (tertiary/aromatic N) is 3. The van der Waals surface area contributed by atoms with E-state index in [0.717, 1.165) is 0 Å². The van der Waals surface area contributed by atoms with Gasteiger partial charge < -0.3 is 4.74 Å². The Balaban J connectivity index is 3.33. The van der Waals surface area contributed by atoms with E-state index in [4.69, 9.17) is 20.5 Å². The standard InChI is InChI=1S/C11H11N3O2/c1-4-16-8(15)11(7-14)9(2,3)10(11,5-12)6-13/h4H2,1-3H3. The van der Waals surface area contributed by atoms with E-state index < -0.39 is 22.2 Å². The Hall–Kier alpha value is -2.06. The normalized spacial score (nSPS) is 28.0. The molecule has 82 valence electrons. The van der Waals surface area contributed by atoms with Gasteiger partial charge in [-0.05, 0) is 6.92 Å². The number of hydrogen-bond acceptors (Lipinski definition) is 5. The highest BCUT2D eigenvalue weighted by atomic mass is 16.5. The van der Waals surface area contributed by atoms with E-state index >= 15 is 0 Å². The Morgan fingerprint density at radius 3 is 1.94 bits per heavy atom. The van der Waals surface area contributed by atoms with Crippen LogP contribution >= 0.6 is 0 Å². The Morgan fingerprint density at radius 1 is 1.19 bits per heavy atom. The molecule has 0 N–H and O–H groups in total. The lowest BCUT2D eigenvalue weighted by molar-refractivity contribution is -0.149.